The summed E-state index contributed by atoms with van der Waals surface area (Å²) in [6, 6.07) is 6.15. The van der Waals surface area contributed by atoms with E-state index in [1.165, 1.54) is 0 Å². The van der Waals surface area contributed by atoms with Crippen LogP contribution >= 0.6 is 0 Å². The summed E-state index contributed by atoms with van der Waals surface area (Å²) < 4.78 is 0. The zero-order chi connectivity index (χ0) is 11.9. The minimum absolute atomic E-state index is 0.141. The smallest absolute Gasteiger partial charge is 0.220 e. The molecule has 1 aliphatic rings. The van der Waals surface area contributed by atoms with E-state index in [2.05, 4.69) is 15.6 Å². The van der Waals surface area contributed by atoms with E-state index in [4.69, 9.17) is 0 Å². The van der Waals surface area contributed by atoms with Crippen molar-refractivity contribution in [1.29, 1.82) is 0 Å². The average molecular weight is 233 g/mol. The number of amides is 1. The van der Waals surface area contributed by atoms with Gasteiger partial charge >= 0.3 is 0 Å². The number of carbonyl (C=O) groups excluding carboxylic acids is 1. The lowest BCUT2D eigenvalue weighted by Crippen LogP contribution is -2.42. The number of hydrogen-bond acceptors (Lipinski definition) is 3. The summed E-state index contributed by atoms with van der Waals surface area (Å²) in [7, 11) is 0. The molecule has 2 heterocycles. The molecule has 0 radical (unpaired) electrons. The highest BCUT2D eigenvalue weighted by Gasteiger charge is 2.14. The third-order valence-corrected chi connectivity index (χ3v) is 3.04. The molecule has 92 valence electrons. The monoisotopic (exact) mass is 233 g/mol. The predicted octanol–water partition coefficient (Wildman–Crippen LogP) is 0.882. The summed E-state index contributed by atoms with van der Waals surface area (Å²) in [5, 5.41) is 6.37. The van der Waals surface area contributed by atoms with Crippen LogP contribution in [-0.4, -0.2) is 30.0 Å². The van der Waals surface area contributed by atoms with Gasteiger partial charge in [0.15, 0.2) is 0 Å². The van der Waals surface area contributed by atoms with Crippen LogP contribution in [0.5, 0.6) is 0 Å². The first-order valence-corrected chi connectivity index (χ1v) is 6.24. The molecule has 2 rings (SSSR count). The van der Waals surface area contributed by atoms with Gasteiger partial charge in [-0.1, -0.05) is 6.07 Å². The van der Waals surface area contributed by atoms with Crippen molar-refractivity contribution in [3.63, 3.8) is 0 Å². The van der Waals surface area contributed by atoms with Crippen molar-refractivity contribution in [3.05, 3.63) is 30.1 Å². The summed E-state index contributed by atoms with van der Waals surface area (Å²) in [6.07, 6.45) is 5.09. The number of aryl methyl sites for hydroxylation is 1. The fourth-order valence-electron chi connectivity index (χ4n) is 2.05. The van der Waals surface area contributed by atoms with Crippen molar-refractivity contribution in [1.82, 2.24) is 15.6 Å². The van der Waals surface area contributed by atoms with Gasteiger partial charge in [-0.25, -0.2) is 0 Å². The van der Waals surface area contributed by atoms with E-state index in [0.29, 0.717) is 12.5 Å². The highest BCUT2D eigenvalue weighted by atomic mass is 16.1. The van der Waals surface area contributed by atoms with Crippen LogP contribution in [0.3, 0.4) is 0 Å². The first-order chi connectivity index (χ1) is 8.34. The largest absolute Gasteiger partial charge is 0.353 e. The van der Waals surface area contributed by atoms with Gasteiger partial charge in [0, 0.05) is 24.4 Å². The van der Waals surface area contributed by atoms with Gasteiger partial charge in [0.05, 0.1) is 0 Å². The number of piperidine rings is 1. The fraction of sp³-hybridized carbons (Fsp3) is 0.538. The molecule has 4 nitrogen and oxygen atoms in total. The van der Waals surface area contributed by atoms with Crippen LogP contribution in [0, 0.1) is 0 Å². The third-order valence-electron chi connectivity index (χ3n) is 3.04. The Morgan fingerprint density at radius 2 is 2.24 bits per heavy atom. The topological polar surface area (TPSA) is 54.0 Å². The molecule has 17 heavy (non-hydrogen) atoms. The van der Waals surface area contributed by atoms with Gasteiger partial charge in [-0.15, -0.1) is 0 Å². The summed E-state index contributed by atoms with van der Waals surface area (Å²) in [4.78, 5) is 15.9. The Labute approximate surface area is 102 Å². The van der Waals surface area contributed by atoms with Crippen LogP contribution in [0.1, 0.15) is 25.0 Å². The maximum absolute atomic E-state index is 11.7. The summed E-state index contributed by atoms with van der Waals surface area (Å²) >= 11 is 0. The molecule has 1 saturated heterocycles. The maximum Gasteiger partial charge on any atom is 0.220 e. The van der Waals surface area contributed by atoms with Crippen LogP contribution in [0.15, 0.2) is 24.4 Å². The Kier molecular flexibility index (Phi) is 4.50. The molecule has 0 aromatic carbocycles. The van der Waals surface area contributed by atoms with Crippen molar-refractivity contribution < 1.29 is 4.79 Å². The minimum Gasteiger partial charge on any atom is -0.353 e. The standard InChI is InChI=1S/C13H19N3O/c17-13(16-12-6-9-14-10-7-12)5-4-11-3-1-2-8-15-11/h1-3,8,12,14H,4-7,9-10H2,(H,16,17). The van der Waals surface area contributed by atoms with Crippen molar-refractivity contribution in [2.75, 3.05) is 13.1 Å². The second kappa shape index (κ2) is 6.35. The molecule has 0 atom stereocenters. The second-order valence-corrected chi connectivity index (χ2v) is 4.41. The van der Waals surface area contributed by atoms with E-state index < -0.39 is 0 Å². The maximum atomic E-state index is 11.7. The Hall–Kier alpha value is -1.42. The average Bonchev–Trinajstić information content (AvgIpc) is 2.39. The van der Waals surface area contributed by atoms with E-state index in [1.54, 1.807) is 6.20 Å². The van der Waals surface area contributed by atoms with Crippen LogP contribution < -0.4 is 10.6 Å². The number of hydrogen-bond donors (Lipinski definition) is 2. The van der Waals surface area contributed by atoms with E-state index >= 15 is 0 Å². The lowest BCUT2D eigenvalue weighted by atomic mass is 10.1. The van der Waals surface area contributed by atoms with Crippen molar-refractivity contribution in [2.24, 2.45) is 0 Å². The Morgan fingerprint density at radius 1 is 1.41 bits per heavy atom. The Bertz CT molecular complexity index is 347. The van der Waals surface area contributed by atoms with Crippen LogP contribution in [0.4, 0.5) is 0 Å². The molecule has 1 aliphatic heterocycles. The van der Waals surface area contributed by atoms with Gasteiger partial charge in [-0.3, -0.25) is 9.78 Å². The second-order valence-electron chi connectivity index (χ2n) is 4.41. The number of rotatable bonds is 4. The van der Waals surface area contributed by atoms with Crippen LogP contribution in [0.2, 0.25) is 0 Å². The van der Waals surface area contributed by atoms with E-state index in [9.17, 15) is 4.79 Å². The number of carbonyl (C=O) groups is 1. The molecule has 1 aromatic heterocycles. The Morgan fingerprint density at radius 3 is 2.94 bits per heavy atom. The fourth-order valence-corrected chi connectivity index (χ4v) is 2.05. The molecule has 0 spiro atoms. The summed E-state index contributed by atoms with van der Waals surface area (Å²) in [5.74, 6) is 0.141. The number of nitrogens with one attached hydrogen (secondary N) is 2. The normalized spacial score (nSPS) is 16.7. The summed E-state index contributed by atoms with van der Waals surface area (Å²) in [6.45, 7) is 2.01. The van der Waals surface area contributed by atoms with Crippen molar-refractivity contribution in [2.45, 2.75) is 31.7 Å². The summed E-state index contributed by atoms with van der Waals surface area (Å²) in [5.41, 5.74) is 0.980. The lowest BCUT2D eigenvalue weighted by Gasteiger charge is -2.23. The molecule has 4 heteroatoms. The van der Waals surface area contributed by atoms with Gasteiger partial charge in [0.2, 0.25) is 5.91 Å². The van der Waals surface area contributed by atoms with Gasteiger partial charge in [-0.2, -0.15) is 0 Å². The van der Waals surface area contributed by atoms with Gasteiger partial charge in [0.25, 0.3) is 0 Å². The minimum atomic E-state index is 0.141. The molecule has 1 aromatic rings. The molecule has 0 unspecified atom stereocenters. The zero-order valence-electron chi connectivity index (χ0n) is 9.98. The predicted molar refractivity (Wildman–Crippen MR) is 66.6 cm³/mol. The zero-order valence-corrected chi connectivity index (χ0v) is 9.98. The first-order valence-electron chi connectivity index (χ1n) is 6.24. The molecule has 0 aliphatic carbocycles. The number of aromatic nitrogens is 1. The molecule has 1 amide bonds. The first kappa shape index (κ1) is 12.0. The third kappa shape index (κ3) is 4.15. The Balaban J connectivity index is 1.70. The molecular formula is C13H19N3O. The van der Waals surface area contributed by atoms with E-state index in [-0.39, 0.29) is 5.91 Å². The van der Waals surface area contributed by atoms with Gasteiger partial charge in [-0.05, 0) is 44.5 Å². The highest BCUT2D eigenvalue weighted by Crippen LogP contribution is 2.03. The highest BCUT2D eigenvalue weighted by molar-refractivity contribution is 5.76. The molecule has 0 bridgehead atoms. The SMILES string of the molecule is O=C(CCc1ccccn1)NC1CCNCC1. The molecule has 1 fully saturated rings. The van der Waals surface area contributed by atoms with E-state index in [0.717, 1.165) is 38.0 Å². The molecular weight excluding hydrogens is 214 g/mol. The van der Waals surface area contributed by atoms with Crippen LogP contribution in [0.25, 0.3) is 0 Å². The molecule has 2 N–H and O–H groups in total. The quantitative estimate of drug-likeness (QED) is 0.812. The number of pyridine rings is 1. The van der Waals surface area contributed by atoms with Crippen molar-refractivity contribution >= 4 is 5.91 Å². The molecule has 0 saturated carbocycles. The van der Waals surface area contributed by atoms with Gasteiger partial charge < -0.3 is 10.6 Å². The number of nitrogens with zero attached hydrogens (tertiary/aromatic N) is 1. The van der Waals surface area contributed by atoms with Crippen molar-refractivity contribution in [3.8, 4) is 0 Å². The van der Waals surface area contributed by atoms with Gasteiger partial charge in [0.1, 0.15) is 0 Å². The lowest BCUT2D eigenvalue weighted by molar-refractivity contribution is -0.121. The van der Waals surface area contributed by atoms with E-state index in [1.807, 2.05) is 18.2 Å². The van der Waals surface area contributed by atoms with Crippen LogP contribution in [-0.2, 0) is 11.2 Å².